The Morgan fingerprint density at radius 3 is 1.67 bits per heavy atom. The highest BCUT2D eigenvalue weighted by Crippen LogP contribution is 2.64. The summed E-state index contributed by atoms with van der Waals surface area (Å²) in [6, 6.07) is 14.3. The second-order valence-electron chi connectivity index (χ2n) is 12.2. The Morgan fingerprint density at radius 2 is 1.13 bits per heavy atom. The van der Waals surface area contributed by atoms with E-state index in [2.05, 4.69) is 126 Å². The lowest BCUT2D eigenvalue weighted by Crippen LogP contribution is -2.56. The van der Waals surface area contributed by atoms with Crippen LogP contribution in [0.4, 0.5) is 0 Å². The maximum atomic E-state index is 2.74. The van der Waals surface area contributed by atoms with Crippen molar-refractivity contribution in [3.63, 3.8) is 0 Å². The Labute approximate surface area is 239 Å². The van der Waals surface area contributed by atoms with E-state index in [9.17, 15) is 0 Å². The molecular weight excluding hydrogens is 472 g/mol. The van der Waals surface area contributed by atoms with Gasteiger partial charge in [0.2, 0.25) is 0 Å². The first-order valence-electron chi connectivity index (χ1n) is 16.1. The van der Waals surface area contributed by atoms with Crippen molar-refractivity contribution in [1.82, 2.24) is 9.80 Å². The fraction of sp³-hybridized carbons (Fsp3) is 0.568. The third kappa shape index (κ3) is 3.33. The predicted octanol–water partition coefficient (Wildman–Crippen LogP) is 9.78. The van der Waals surface area contributed by atoms with Crippen molar-refractivity contribution in [3.8, 4) is 11.1 Å². The molecule has 5 rings (SSSR count). The van der Waals surface area contributed by atoms with Crippen LogP contribution in [0.1, 0.15) is 116 Å². The molecule has 2 nitrogen and oxygen atoms in total. The first kappa shape index (κ1) is 28.1. The Kier molecular flexibility index (Phi) is 7.32. The Balaban J connectivity index is 1.95. The number of fused-ring (bicyclic) bond motifs is 3. The molecule has 2 atom stereocenters. The average Bonchev–Trinajstić information content (AvgIpc) is 3.64. The van der Waals surface area contributed by atoms with Gasteiger partial charge in [-0.2, -0.15) is 0 Å². The van der Waals surface area contributed by atoms with Crippen LogP contribution in [0.2, 0.25) is 0 Å². The second-order valence-corrected chi connectivity index (χ2v) is 12.2. The molecule has 3 aliphatic rings. The summed E-state index contributed by atoms with van der Waals surface area (Å²) in [5, 5.41) is 0. The van der Waals surface area contributed by atoms with Crippen molar-refractivity contribution in [2.75, 3.05) is 13.1 Å². The third-order valence-corrected chi connectivity index (χ3v) is 11.9. The van der Waals surface area contributed by atoms with Crippen molar-refractivity contribution in [2.45, 2.75) is 111 Å². The Bertz CT molecular complexity index is 1260. The smallest absolute Gasteiger partial charge is 0.0742 e. The Morgan fingerprint density at radius 1 is 0.590 bits per heavy atom. The molecular formula is C37H52N2. The lowest BCUT2D eigenvalue weighted by molar-refractivity contribution is 0.0139. The lowest BCUT2D eigenvalue weighted by Gasteiger charge is -2.57. The molecule has 2 heterocycles. The first-order chi connectivity index (χ1) is 18.9. The molecule has 0 N–H and O–H groups in total. The summed E-state index contributed by atoms with van der Waals surface area (Å²) in [7, 11) is 0. The topological polar surface area (TPSA) is 6.48 Å². The van der Waals surface area contributed by atoms with Crippen LogP contribution in [-0.4, -0.2) is 22.9 Å². The monoisotopic (exact) mass is 524 g/mol. The van der Waals surface area contributed by atoms with Gasteiger partial charge in [0.25, 0.3) is 0 Å². The molecule has 0 saturated heterocycles. The van der Waals surface area contributed by atoms with Gasteiger partial charge in [0.1, 0.15) is 0 Å². The van der Waals surface area contributed by atoms with Gasteiger partial charge in [-0.3, -0.25) is 0 Å². The molecule has 0 amide bonds. The highest BCUT2D eigenvalue weighted by molar-refractivity contribution is 5.80. The van der Waals surface area contributed by atoms with Crippen molar-refractivity contribution < 1.29 is 0 Å². The third-order valence-electron chi connectivity index (χ3n) is 11.9. The SMILES string of the molecule is CCN1C=CC(CC)(CC)C1(CC)c1ccc2c(c1C1(CC)N(CC)C=CC1(CC)CC)Cc1ccccc1-2. The van der Waals surface area contributed by atoms with E-state index in [-0.39, 0.29) is 21.9 Å². The van der Waals surface area contributed by atoms with Gasteiger partial charge >= 0.3 is 0 Å². The molecule has 1 aliphatic carbocycles. The van der Waals surface area contributed by atoms with E-state index in [1.807, 2.05) is 0 Å². The van der Waals surface area contributed by atoms with Crippen LogP contribution in [0.3, 0.4) is 0 Å². The molecule has 0 saturated carbocycles. The molecule has 0 aromatic heterocycles. The summed E-state index contributed by atoms with van der Waals surface area (Å²) in [5.74, 6) is 0. The van der Waals surface area contributed by atoms with E-state index >= 15 is 0 Å². The van der Waals surface area contributed by atoms with E-state index in [4.69, 9.17) is 0 Å². The van der Waals surface area contributed by atoms with Gasteiger partial charge in [-0.25, -0.2) is 0 Å². The van der Waals surface area contributed by atoms with Crippen molar-refractivity contribution in [2.24, 2.45) is 10.8 Å². The van der Waals surface area contributed by atoms with Gasteiger partial charge in [0, 0.05) is 23.9 Å². The maximum Gasteiger partial charge on any atom is 0.0742 e. The molecule has 0 radical (unpaired) electrons. The Hall–Kier alpha value is -2.48. The lowest BCUT2D eigenvalue weighted by atomic mass is 9.55. The fourth-order valence-corrected chi connectivity index (χ4v) is 9.78. The van der Waals surface area contributed by atoms with Gasteiger partial charge in [-0.1, -0.05) is 90.1 Å². The summed E-state index contributed by atoms with van der Waals surface area (Å²) in [4.78, 5) is 5.46. The van der Waals surface area contributed by atoms with E-state index in [1.165, 1.54) is 16.7 Å². The number of benzene rings is 2. The molecule has 210 valence electrons. The minimum atomic E-state index is -0.0641. The fourth-order valence-electron chi connectivity index (χ4n) is 9.78. The molecule has 2 heteroatoms. The average molecular weight is 525 g/mol. The first-order valence-corrected chi connectivity index (χ1v) is 16.1. The standard InChI is InChI=1S/C37H52N2/c1-9-34(10-2)23-25-38(15-7)36(34,13-5)32-22-21-30-29-20-18-17-19-28(29)27-31(30)33(32)37(14-6)35(11-3,12-4)24-26-39(37)16-8/h17-26H,9-16,27H2,1-8H3. The molecule has 0 bridgehead atoms. The van der Waals surface area contributed by atoms with Crippen LogP contribution in [0, 0.1) is 10.8 Å². The van der Waals surface area contributed by atoms with Crippen LogP contribution in [-0.2, 0) is 17.5 Å². The zero-order valence-electron chi connectivity index (χ0n) is 26.0. The van der Waals surface area contributed by atoms with Gasteiger partial charge < -0.3 is 9.80 Å². The molecule has 0 spiro atoms. The van der Waals surface area contributed by atoms with Crippen LogP contribution in [0.5, 0.6) is 0 Å². The second kappa shape index (κ2) is 10.2. The van der Waals surface area contributed by atoms with Crippen molar-refractivity contribution in [3.05, 3.63) is 83.2 Å². The molecule has 2 aromatic carbocycles. The van der Waals surface area contributed by atoms with Crippen molar-refractivity contribution >= 4 is 0 Å². The van der Waals surface area contributed by atoms with Gasteiger partial charge in [0.15, 0.2) is 0 Å². The molecule has 2 aliphatic heterocycles. The number of hydrogen-bond acceptors (Lipinski definition) is 2. The summed E-state index contributed by atoms with van der Waals surface area (Å²) >= 11 is 0. The number of rotatable bonds is 10. The minimum absolute atomic E-state index is 0.0538. The summed E-state index contributed by atoms with van der Waals surface area (Å²) in [6.45, 7) is 21.4. The van der Waals surface area contributed by atoms with Crippen molar-refractivity contribution in [1.29, 1.82) is 0 Å². The van der Waals surface area contributed by atoms with E-state index in [0.29, 0.717) is 0 Å². The molecule has 2 unspecified atom stereocenters. The zero-order valence-corrected chi connectivity index (χ0v) is 26.0. The normalized spacial score (nSPS) is 25.9. The summed E-state index contributed by atoms with van der Waals surface area (Å²) in [6.07, 6.45) is 18.0. The van der Waals surface area contributed by atoms with Gasteiger partial charge in [-0.15, -0.1) is 0 Å². The molecule has 39 heavy (non-hydrogen) atoms. The minimum Gasteiger partial charge on any atom is -0.367 e. The highest BCUT2D eigenvalue weighted by atomic mass is 15.2. The van der Waals surface area contributed by atoms with Crippen LogP contribution < -0.4 is 0 Å². The van der Waals surface area contributed by atoms with Gasteiger partial charge in [0.05, 0.1) is 11.1 Å². The maximum absolute atomic E-state index is 2.74. The number of hydrogen-bond donors (Lipinski definition) is 0. The molecule has 0 fully saturated rings. The van der Waals surface area contributed by atoms with Crippen LogP contribution in [0.25, 0.3) is 11.1 Å². The van der Waals surface area contributed by atoms with E-state index < -0.39 is 0 Å². The predicted molar refractivity (Wildman–Crippen MR) is 168 cm³/mol. The summed E-state index contributed by atoms with van der Waals surface area (Å²) < 4.78 is 0. The van der Waals surface area contributed by atoms with Gasteiger partial charge in [-0.05, 0) is 105 Å². The van der Waals surface area contributed by atoms with Crippen LogP contribution >= 0.6 is 0 Å². The van der Waals surface area contributed by atoms with E-state index in [0.717, 1.165) is 58.0 Å². The molecule has 2 aromatic rings. The van der Waals surface area contributed by atoms with E-state index in [1.54, 1.807) is 16.7 Å². The quantitative estimate of drug-likeness (QED) is 0.260. The highest BCUT2D eigenvalue weighted by Gasteiger charge is 2.61. The largest absolute Gasteiger partial charge is 0.367 e. The zero-order chi connectivity index (χ0) is 28.1. The number of nitrogens with zero attached hydrogens (tertiary/aromatic N) is 2. The summed E-state index contributed by atoms with van der Waals surface area (Å²) in [5.41, 5.74) is 9.37. The van der Waals surface area contributed by atoms with Crippen LogP contribution in [0.15, 0.2) is 61.0 Å².